The second kappa shape index (κ2) is 5.20. The van der Waals surface area contributed by atoms with Gasteiger partial charge in [0.25, 0.3) is 0 Å². The number of hydrogen-bond acceptors (Lipinski definition) is 5. The number of tetrazole rings is 1. The van der Waals surface area contributed by atoms with E-state index in [1.54, 1.807) is 0 Å². The minimum Gasteiger partial charge on any atom is -0.399 e. The van der Waals surface area contributed by atoms with Gasteiger partial charge in [-0.1, -0.05) is 6.07 Å². The molecule has 2 N–H and O–H groups in total. The van der Waals surface area contributed by atoms with E-state index in [9.17, 15) is 0 Å². The minimum absolute atomic E-state index is 0.243. The molecule has 1 aliphatic rings. The Kier molecular flexibility index (Phi) is 3.40. The first-order chi connectivity index (χ1) is 9.65. The topological polar surface area (TPSA) is 78.9 Å². The van der Waals surface area contributed by atoms with Gasteiger partial charge in [0.1, 0.15) is 0 Å². The maximum Gasteiger partial charge on any atom is 0.182 e. The van der Waals surface area contributed by atoms with Crippen molar-refractivity contribution in [2.75, 3.05) is 12.3 Å². The SMILES string of the molecule is Cc1ccc(N)cc1-c1nnnn1C1CCOC(C)C1. The molecule has 0 bridgehead atoms. The molecule has 1 fully saturated rings. The van der Waals surface area contributed by atoms with Gasteiger partial charge >= 0.3 is 0 Å². The van der Waals surface area contributed by atoms with Crippen molar-refractivity contribution in [2.24, 2.45) is 0 Å². The molecule has 2 atom stereocenters. The number of nitrogen functional groups attached to an aromatic ring is 1. The average molecular weight is 273 g/mol. The number of anilines is 1. The molecule has 6 heteroatoms. The number of ether oxygens (including phenoxy) is 1. The molecular weight excluding hydrogens is 254 g/mol. The number of nitrogens with two attached hydrogens (primary N) is 1. The van der Waals surface area contributed by atoms with Crippen LogP contribution in [0, 0.1) is 6.92 Å². The lowest BCUT2D eigenvalue weighted by Crippen LogP contribution is -2.26. The quantitative estimate of drug-likeness (QED) is 0.846. The Morgan fingerprint density at radius 1 is 1.40 bits per heavy atom. The standard InChI is InChI=1S/C14H19N5O/c1-9-3-4-11(15)8-13(9)14-16-17-18-19(14)12-5-6-20-10(2)7-12/h3-4,8,10,12H,5-7,15H2,1-2H3. The molecule has 20 heavy (non-hydrogen) atoms. The van der Waals surface area contributed by atoms with Crippen LogP contribution in [0.5, 0.6) is 0 Å². The Labute approximate surface area is 117 Å². The van der Waals surface area contributed by atoms with E-state index < -0.39 is 0 Å². The number of rotatable bonds is 2. The van der Waals surface area contributed by atoms with Crippen molar-refractivity contribution in [1.82, 2.24) is 20.2 Å². The summed E-state index contributed by atoms with van der Waals surface area (Å²) in [6.07, 6.45) is 2.11. The Balaban J connectivity index is 1.99. The zero-order valence-corrected chi connectivity index (χ0v) is 11.8. The highest BCUT2D eigenvalue weighted by Crippen LogP contribution is 2.30. The van der Waals surface area contributed by atoms with Crippen LogP contribution in [0.3, 0.4) is 0 Å². The van der Waals surface area contributed by atoms with Gasteiger partial charge in [-0.05, 0) is 54.8 Å². The fraction of sp³-hybridized carbons (Fsp3) is 0.500. The van der Waals surface area contributed by atoms with E-state index in [0.717, 1.165) is 42.1 Å². The fourth-order valence-electron chi connectivity index (χ4n) is 2.69. The lowest BCUT2D eigenvalue weighted by atomic mass is 10.0. The van der Waals surface area contributed by atoms with E-state index in [-0.39, 0.29) is 12.1 Å². The molecule has 1 aromatic carbocycles. The van der Waals surface area contributed by atoms with E-state index in [1.165, 1.54) is 0 Å². The lowest BCUT2D eigenvalue weighted by molar-refractivity contribution is 0.00350. The number of benzene rings is 1. The summed E-state index contributed by atoms with van der Waals surface area (Å²) in [7, 11) is 0. The largest absolute Gasteiger partial charge is 0.399 e. The summed E-state index contributed by atoms with van der Waals surface area (Å²) in [6.45, 7) is 4.88. The molecule has 0 spiro atoms. The van der Waals surface area contributed by atoms with Crippen LogP contribution in [0.15, 0.2) is 18.2 Å². The zero-order chi connectivity index (χ0) is 14.1. The number of nitrogens with zero attached hydrogens (tertiary/aromatic N) is 4. The summed E-state index contributed by atoms with van der Waals surface area (Å²) < 4.78 is 7.51. The Hall–Kier alpha value is -1.95. The normalized spacial score (nSPS) is 22.9. The van der Waals surface area contributed by atoms with Gasteiger partial charge in [-0.3, -0.25) is 0 Å². The van der Waals surface area contributed by atoms with Crippen molar-refractivity contribution in [3.63, 3.8) is 0 Å². The number of hydrogen-bond donors (Lipinski definition) is 1. The molecule has 2 heterocycles. The van der Waals surface area contributed by atoms with E-state index in [4.69, 9.17) is 10.5 Å². The number of aryl methyl sites for hydroxylation is 1. The van der Waals surface area contributed by atoms with E-state index in [1.807, 2.05) is 29.8 Å². The molecule has 1 saturated heterocycles. The Morgan fingerprint density at radius 2 is 2.25 bits per heavy atom. The highest BCUT2D eigenvalue weighted by molar-refractivity contribution is 5.65. The highest BCUT2D eigenvalue weighted by atomic mass is 16.5. The van der Waals surface area contributed by atoms with Crippen molar-refractivity contribution < 1.29 is 4.74 Å². The van der Waals surface area contributed by atoms with Gasteiger partial charge in [0, 0.05) is 17.9 Å². The van der Waals surface area contributed by atoms with Crippen LogP contribution in [0.2, 0.25) is 0 Å². The van der Waals surface area contributed by atoms with Gasteiger partial charge in [0.05, 0.1) is 12.1 Å². The minimum atomic E-state index is 0.243. The molecule has 2 aromatic rings. The van der Waals surface area contributed by atoms with Gasteiger partial charge in [-0.25, -0.2) is 4.68 Å². The van der Waals surface area contributed by atoms with Gasteiger partial charge in [-0.2, -0.15) is 0 Å². The van der Waals surface area contributed by atoms with Crippen molar-refractivity contribution in [3.05, 3.63) is 23.8 Å². The molecule has 1 aromatic heterocycles. The average Bonchev–Trinajstić information content (AvgIpc) is 2.90. The predicted octanol–water partition coefficient (Wildman–Crippen LogP) is 1.97. The van der Waals surface area contributed by atoms with Crippen molar-refractivity contribution >= 4 is 5.69 Å². The fourth-order valence-corrected chi connectivity index (χ4v) is 2.69. The zero-order valence-electron chi connectivity index (χ0n) is 11.8. The van der Waals surface area contributed by atoms with E-state index in [2.05, 4.69) is 22.4 Å². The van der Waals surface area contributed by atoms with Crippen LogP contribution in [-0.2, 0) is 4.74 Å². The van der Waals surface area contributed by atoms with Crippen LogP contribution < -0.4 is 5.73 Å². The monoisotopic (exact) mass is 273 g/mol. The van der Waals surface area contributed by atoms with Gasteiger partial charge in [0.2, 0.25) is 0 Å². The summed E-state index contributed by atoms with van der Waals surface area (Å²) >= 11 is 0. The third-order valence-electron chi connectivity index (χ3n) is 3.80. The van der Waals surface area contributed by atoms with Gasteiger partial charge < -0.3 is 10.5 Å². The molecule has 3 rings (SSSR count). The molecule has 1 aliphatic heterocycles. The molecule has 0 radical (unpaired) electrons. The first kappa shape index (κ1) is 13.1. The second-order valence-electron chi connectivity index (χ2n) is 5.38. The summed E-state index contributed by atoms with van der Waals surface area (Å²) in [5.41, 5.74) is 8.72. The Bertz CT molecular complexity index is 609. The first-order valence-corrected chi connectivity index (χ1v) is 6.91. The molecule has 0 amide bonds. The molecule has 0 saturated carbocycles. The lowest BCUT2D eigenvalue weighted by Gasteiger charge is -2.27. The molecule has 6 nitrogen and oxygen atoms in total. The summed E-state index contributed by atoms with van der Waals surface area (Å²) in [6, 6.07) is 6.10. The molecule has 106 valence electrons. The van der Waals surface area contributed by atoms with Crippen LogP contribution in [-0.4, -0.2) is 32.9 Å². The molecule has 2 unspecified atom stereocenters. The van der Waals surface area contributed by atoms with Gasteiger partial charge in [0.15, 0.2) is 5.82 Å². The van der Waals surface area contributed by atoms with Crippen LogP contribution in [0.1, 0.15) is 31.4 Å². The van der Waals surface area contributed by atoms with Crippen molar-refractivity contribution in [3.8, 4) is 11.4 Å². The van der Waals surface area contributed by atoms with Gasteiger partial charge in [-0.15, -0.1) is 5.10 Å². The van der Waals surface area contributed by atoms with Crippen LogP contribution >= 0.6 is 0 Å². The second-order valence-corrected chi connectivity index (χ2v) is 5.38. The third-order valence-corrected chi connectivity index (χ3v) is 3.80. The van der Waals surface area contributed by atoms with Crippen LogP contribution in [0.25, 0.3) is 11.4 Å². The highest BCUT2D eigenvalue weighted by Gasteiger charge is 2.25. The Morgan fingerprint density at radius 3 is 3.05 bits per heavy atom. The van der Waals surface area contributed by atoms with Crippen LogP contribution in [0.4, 0.5) is 5.69 Å². The third kappa shape index (κ3) is 2.38. The first-order valence-electron chi connectivity index (χ1n) is 6.91. The van der Waals surface area contributed by atoms with E-state index in [0.29, 0.717) is 0 Å². The maximum atomic E-state index is 5.89. The van der Waals surface area contributed by atoms with Crippen molar-refractivity contribution in [2.45, 2.75) is 38.8 Å². The molecule has 0 aliphatic carbocycles. The summed E-state index contributed by atoms with van der Waals surface area (Å²) in [5.74, 6) is 0.786. The maximum absolute atomic E-state index is 5.89. The predicted molar refractivity (Wildman–Crippen MR) is 76.1 cm³/mol. The summed E-state index contributed by atoms with van der Waals surface area (Å²) in [4.78, 5) is 0. The van der Waals surface area contributed by atoms with E-state index >= 15 is 0 Å². The van der Waals surface area contributed by atoms with Crippen molar-refractivity contribution in [1.29, 1.82) is 0 Å². The molecular formula is C14H19N5O. The smallest absolute Gasteiger partial charge is 0.182 e. The summed E-state index contributed by atoms with van der Waals surface area (Å²) in [5, 5.41) is 12.2. The number of aromatic nitrogens is 4.